The van der Waals surface area contributed by atoms with Gasteiger partial charge in [0.2, 0.25) is 0 Å². The van der Waals surface area contributed by atoms with Crippen molar-refractivity contribution in [2.75, 3.05) is 7.11 Å². The highest BCUT2D eigenvalue weighted by Gasteiger charge is 2.75. The van der Waals surface area contributed by atoms with Gasteiger partial charge in [0, 0.05) is 18.9 Å². The summed E-state index contributed by atoms with van der Waals surface area (Å²) in [6.07, 6.45) is 3.12. The number of hydrogen-bond donors (Lipinski definition) is 2. The van der Waals surface area contributed by atoms with Crippen LogP contribution in [0.25, 0.3) is 0 Å². The van der Waals surface area contributed by atoms with Crippen molar-refractivity contribution >= 4 is 8.32 Å². The smallest absolute Gasteiger partial charge is 0.188 e. The first-order valence-electron chi connectivity index (χ1n) is 7.67. The third kappa shape index (κ3) is 1.94. The fourth-order valence-electron chi connectivity index (χ4n) is 4.49. The standard InChI is InChI=1S/C15H28O4Si/c1-13(2,20(4,5)17)9-14-6-10(14)7-15(16)8-11(18-3)19-12(14)15/h10-12,16-17H,6-9H2,1-5H3/t10-,11?,12+,14+,15-/m0/s1. The third-order valence-corrected chi connectivity index (χ3v) is 9.88. The molecule has 0 aromatic heterocycles. The minimum Gasteiger partial charge on any atom is -0.432 e. The third-order valence-electron chi connectivity index (χ3n) is 6.39. The second kappa shape index (κ2) is 4.07. The van der Waals surface area contributed by atoms with Crippen molar-refractivity contribution in [2.24, 2.45) is 11.3 Å². The second-order valence-corrected chi connectivity index (χ2v) is 12.9. The Hall–Kier alpha value is 0.0569. The highest BCUT2D eigenvalue weighted by molar-refractivity contribution is 6.72. The molecule has 2 saturated carbocycles. The van der Waals surface area contributed by atoms with Crippen molar-refractivity contribution in [1.29, 1.82) is 0 Å². The number of fused-ring (bicyclic) bond motifs is 3. The molecule has 1 heterocycles. The number of ether oxygens (including phenoxy) is 2. The van der Waals surface area contributed by atoms with Gasteiger partial charge >= 0.3 is 0 Å². The molecule has 0 aromatic carbocycles. The van der Waals surface area contributed by atoms with Crippen LogP contribution in [0.1, 0.15) is 39.5 Å². The molecule has 5 heteroatoms. The molecule has 0 aromatic rings. The Kier molecular flexibility index (Phi) is 3.05. The van der Waals surface area contributed by atoms with Crippen LogP contribution in [0.2, 0.25) is 18.1 Å². The molecule has 3 fully saturated rings. The highest BCUT2D eigenvalue weighted by atomic mass is 28.4. The molecule has 3 rings (SSSR count). The zero-order valence-corrected chi connectivity index (χ0v) is 14.3. The topological polar surface area (TPSA) is 58.9 Å². The van der Waals surface area contributed by atoms with Crippen LogP contribution in [0.5, 0.6) is 0 Å². The molecule has 0 radical (unpaired) electrons. The Balaban J connectivity index is 1.82. The van der Waals surface area contributed by atoms with E-state index in [9.17, 15) is 9.90 Å². The number of methoxy groups -OCH3 is 1. The van der Waals surface area contributed by atoms with E-state index in [1.165, 1.54) is 0 Å². The van der Waals surface area contributed by atoms with Crippen molar-refractivity contribution in [2.45, 2.75) is 75.7 Å². The molecule has 1 unspecified atom stereocenters. The summed E-state index contributed by atoms with van der Waals surface area (Å²) in [7, 11) is -0.596. The summed E-state index contributed by atoms with van der Waals surface area (Å²) < 4.78 is 11.3. The van der Waals surface area contributed by atoms with Crippen LogP contribution in [0.4, 0.5) is 0 Å². The molecule has 2 N–H and O–H groups in total. The van der Waals surface area contributed by atoms with Crippen LogP contribution in [0.15, 0.2) is 0 Å². The van der Waals surface area contributed by atoms with Gasteiger partial charge in [-0.2, -0.15) is 0 Å². The number of rotatable bonds is 4. The lowest BCUT2D eigenvalue weighted by atomic mass is 9.84. The normalized spacial score (nSPS) is 47.2. The summed E-state index contributed by atoms with van der Waals surface area (Å²) in [6.45, 7) is 8.36. The zero-order chi connectivity index (χ0) is 15.0. The van der Waals surface area contributed by atoms with Gasteiger partial charge in [0.05, 0.1) is 11.7 Å². The van der Waals surface area contributed by atoms with Gasteiger partial charge in [0.15, 0.2) is 14.6 Å². The first-order valence-corrected chi connectivity index (χ1v) is 10.6. The van der Waals surface area contributed by atoms with E-state index < -0.39 is 13.9 Å². The summed E-state index contributed by atoms with van der Waals surface area (Å²) in [5.74, 6) is 0.561. The molecule has 0 amide bonds. The van der Waals surface area contributed by atoms with Gasteiger partial charge in [-0.3, -0.25) is 0 Å². The summed E-state index contributed by atoms with van der Waals surface area (Å²) >= 11 is 0. The molecule has 2 aliphatic carbocycles. The molecule has 3 aliphatic rings. The Morgan fingerprint density at radius 1 is 1.30 bits per heavy atom. The monoisotopic (exact) mass is 300 g/mol. The van der Waals surface area contributed by atoms with E-state index in [1.807, 2.05) is 13.1 Å². The minimum absolute atomic E-state index is 0.0679. The van der Waals surface area contributed by atoms with E-state index in [2.05, 4.69) is 13.8 Å². The van der Waals surface area contributed by atoms with Crippen molar-refractivity contribution in [3.05, 3.63) is 0 Å². The van der Waals surface area contributed by atoms with Crippen LogP contribution in [0, 0.1) is 11.3 Å². The molecule has 5 atom stereocenters. The summed E-state index contributed by atoms with van der Waals surface area (Å²) in [5.41, 5.74) is -0.640. The van der Waals surface area contributed by atoms with E-state index in [4.69, 9.17) is 9.47 Å². The van der Waals surface area contributed by atoms with Gasteiger partial charge in [0.25, 0.3) is 0 Å². The molecule has 4 nitrogen and oxygen atoms in total. The van der Waals surface area contributed by atoms with Gasteiger partial charge < -0.3 is 19.4 Å². The average molecular weight is 300 g/mol. The average Bonchev–Trinajstić information content (AvgIpc) is 2.73. The van der Waals surface area contributed by atoms with Crippen LogP contribution >= 0.6 is 0 Å². The van der Waals surface area contributed by atoms with Crippen molar-refractivity contribution in [3.63, 3.8) is 0 Å². The Labute approximate surface area is 122 Å². The summed E-state index contributed by atoms with van der Waals surface area (Å²) in [5, 5.41) is 10.8. The van der Waals surface area contributed by atoms with Gasteiger partial charge in [-0.1, -0.05) is 13.8 Å². The van der Waals surface area contributed by atoms with Gasteiger partial charge in [-0.05, 0) is 43.3 Å². The van der Waals surface area contributed by atoms with Crippen LogP contribution < -0.4 is 0 Å². The van der Waals surface area contributed by atoms with Crippen molar-refractivity contribution in [3.8, 4) is 0 Å². The number of aliphatic hydroxyl groups is 1. The van der Waals surface area contributed by atoms with E-state index in [0.717, 1.165) is 19.3 Å². The molecule has 0 spiro atoms. The molecule has 1 aliphatic heterocycles. The maximum atomic E-state index is 10.8. The van der Waals surface area contributed by atoms with Crippen molar-refractivity contribution < 1.29 is 19.4 Å². The quantitative estimate of drug-likeness (QED) is 0.782. The Morgan fingerprint density at radius 2 is 1.95 bits per heavy atom. The second-order valence-electron chi connectivity index (χ2n) is 8.45. The fraction of sp³-hybridized carbons (Fsp3) is 1.00. The molecule has 20 heavy (non-hydrogen) atoms. The predicted molar refractivity (Wildman–Crippen MR) is 78.8 cm³/mol. The van der Waals surface area contributed by atoms with Gasteiger partial charge in [0.1, 0.15) is 0 Å². The largest absolute Gasteiger partial charge is 0.432 e. The molecular formula is C15H28O4Si. The Bertz CT molecular complexity index is 419. The first kappa shape index (κ1) is 15.0. The molecule has 116 valence electrons. The number of hydrogen-bond acceptors (Lipinski definition) is 4. The fourth-order valence-corrected chi connectivity index (χ4v) is 5.26. The predicted octanol–water partition coefficient (Wildman–Crippen LogP) is 2.26. The molecule has 0 bridgehead atoms. The van der Waals surface area contributed by atoms with E-state index in [-0.39, 0.29) is 22.8 Å². The lowest BCUT2D eigenvalue weighted by molar-refractivity contribution is -0.140. The van der Waals surface area contributed by atoms with Crippen molar-refractivity contribution in [1.82, 2.24) is 0 Å². The summed E-state index contributed by atoms with van der Waals surface area (Å²) in [6, 6.07) is 0. The van der Waals surface area contributed by atoms with Gasteiger partial charge in [-0.15, -0.1) is 0 Å². The molecule has 1 saturated heterocycles. The first-order chi connectivity index (χ1) is 9.04. The van der Waals surface area contributed by atoms with E-state index >= 15 is 0 Å². The Morgan fingerprint density at radius 3 is 2.50 bits per heavy atom. The van der Waals surface area contributed by atoms with E-state index in [0.29, 0.717) is 12.3 Å². The SMILES string of the molecule is COC1C[C@@]2(O)C[C@@H]3C[C@]3(CC(C)(C)[Si](C)(C)O)[C@H]2O1. The minimum atomic E-state index is -2.23. The summed E-state index contributed by atoms with van der Waals surface area (Å²) in [4.78, 5) is 10.6. The molecular weight excluding hydrogens is 272 g/mol. The maximum absolute atomic E-state index is 10.8. The van der Waals surface area contributed by atoms with Gasteiger partial charge in [-0.25, -0.2) is 0 Å². The van der Waals surface area contributed by atoms with Crippen LogP contribution in [-0.4, -0.2) is 43.3 Å². The van der Waals surface area contributed by atoms with Crippen LogP contribution in [-0.2, 0) is 9.47 Å². The van der Waals surface area contributed by atoms with Crippen LogP contribution in [0.3, 0.4) is 0 Å². The highest BCUT2D eigenvalue weighted by Crippen LogP contribution is 2.74. The zero-order valence-electron chi connectivity index (χ0n) is 13.3. The lowest BCUT2D eigenvalue weighted by Gasteiger charge is -2.40. The maximum Gasteiger partial charge on any atom is 0.188 e. The lowest BCUT2D eigenvalue weighted by Crippen LogP contribution is -2.45. The van der Waals surface area contributed by atoms with E-state index in [1.54, 1.807) is 7.11 Å².